The van der Waals surface area contributed by atoms with Crippen molar-refractivity contribution in [2.45, 2.75) is 19.3 Å². The standard InChI is InChI=1S/C14H23N3O/c1-18-8-7-16-14-5-4-13(11-17-14)9-12-3-2-6-15-10-12/h4-5,11-12,15H,2-3,6-10H2,1H3,(H,16,17)/t12-/m1/s1. The second kappa shape index (κ2) is 7.34. The van der Waals surface area contributed by atoms with Crippen LogP contribution in [0.1, 0.15) is 18.4 Å². The molecule has 2 heterocycles. The Morgan fingerprint density at radius 3 is 3.11 bits per heavy atom. The Bertz CT molecular complexity index is 333. The van der Waals surface area contributed by atoms with E-state index >= 15 is 0 Å². The Labute approximate surface area is 109 Å². The van der Waals surface area contributed by atoms with E-state index in [0.717, 1.165) is 31.2 Å². The van der Waals surface area contributed by atoms with Gasteiger partial charge in [-0.3, -0.25) is 0 Å². The van der Waals surface area contributed by atoms with Gasteiger partial charge in [0, 0.05) is 19.9 Å². The third-order valence-electron chi connectivity index (χ3n) is 3.36. The highest BCUT2D eigenvalue weighted by Crippen LogP contribution is 2.16. The van der Waals surface area contributed by atoms with E-state index in [1.165, 1.54) is 24.9 Å². The van der Waals surface area contributed by atoms with Crippen LogP contribution in [0.25, 0.3) is 0 Å². The summed E-state index contributed by atoms with van der Waals surface area (Å²) in [6, 6.07) is 4.23. The SMILES string of the molecule is COCCNc1ccc(C[C@H]2CCCNC2)cn1. The van der Waals surface area contributed by atoms with Crippen molar-refractivity contribution >= 4 is 5.82 Å². The number of methoxy groups -OCH3 is 1. The Kier molecular flexibility index (Phi) is 5.42. The normalized spacial score (nSPS) is 19.7. The van der Waals surface area contributed by atoms with E-state index < -0.39 is 0 Å². The fraction of sp³-hybridized carbons (Fsp3) is 0.643. The molecule has 1 atom stereocenters. The Morgan fingerprint density at radius 2 is 2.44 bits per heavy atom. The molecule has 18 heavy (non-hydrogen) atoms. The molecule has 1 aliphatic rings. The molecule has 0 amide bonds. The molecule has 0 saturated carbocycles. The number of ether oxygens (including phenoxy) is 1. The van der Waals surface area contributed by atoms with Crippen LogP contribution < -0.4 is 10.6 Å². The van der Waals surface area contributed by atoms with Crippen molar-refractivity contribution in [2.24, 2.45) is 5.92 Å². The van der Waals surface area contributed by atoms with Gasteiger partial charge >= 0.3 is 0 Å². The fourth-order valence-electron chi connectivity index (χ4n) is 2.36. The number of hydrogen-bond donors (Lipinski definition) is 2. The predicted molar refractivity (Wildman–Crippen MR) is 73.9 cm³/mol. The Morgan fingerprint density at radius 1 is 1.50 bits per heavy atom. The van der Waals surface area contributed by atoms with Gasteiger partial charge < -0.3 is 15.4 Å². The van der Waals surface area contributed by atoms with Crippen molar-refractivity contribution in [1.29, 1.82) is 0 Å². The molecule has 1 saturated heterocycles. The van der Waals surface area contributed by atoms with Crippen molar-refractivity contribution in [3.63, 3.8) is 0 Å². The molecular weight excluding hydrogens is 226 g/mol. The van der Waals surface area contributed by atoms with E-state index in [1.807, 2.05) is 6.20 Å². The first kappa shape index (κ1) is 13.3. The van der Waals surface area contributed by atoms with Gasteiger partial charge in [-0.1, -0.05) is 6.07 Å². The van der Waals surface area contributed by atoms with Gasteiger partial charge in [0.1, 0.15) is 5.82 Å². The average Bonchev–Trinajstić information content (AvgIpc) is 2.42. The molecule has 1 aromatic heterocycles. The minimum absolute atomic E-state index is 0.706. The second-order valence-electron chi connectivity index (χ2n) is 4.89. The van der Waals surface area contributed by atoms with Crippen LogP contribution in [0, 0.1) is 5.92 Å². The van der Waals surface area contributed by atoms with Crippen LogP contribution in [-0.2, 0) is 11.2 Å². The molecule has 1 fully saturated rings. The summed E-state index contributed by atoms with van der Waals surface area (Å²) in [6.07, 6.45) is 5.76. The lowest BCUT2D eigenvalue weighted by atomic mass is 9.93. The van der Waals surface area contributed by atoms with E-state index in [1.54, 1.807) is 7.11 Å². The van der Waals surface area contributed by atoms with Crippen molar-refractivity contribution < 1.29 is 4.74 Å². The number of pyridine rings is 1. The maximum absolute atomic E-state index is 4.99. The lowest BCUT2D eigenvalue weighted by molar-refractivity contribution is 0.210. The molecule has 2 N–H and O–H groups in total. The summed E-state index contributed by atoms with van der Waals surface area (Å²) >= 11 is 0. The van der Waals surface area contributed by atoms with Crippen molar-refractivity contribution in [3.05, 3.63) is 23.9 Å². The molecule has 1 aliphatic heterocycles. The summed E-state index contributed by atoms with van der Waals surface area (Å²) in [4.78, 5) is 4.43. The van der Waals surface area contributed by atoms with Crippen molar-refractivity contribution in [3.8, 4) is 0 Å². The molecule has 0 unspecified atom stereocenters. The highest BCUT2D eigenvalue weighted by Gasteiger charge is 2.13. The number of nitrogens with zero attached hydrogens (tertiary/aromatic N) is 1. The van der Waals surface area contributed by atoms with Crippen molar-refractivity contribution in [1.82, 2.24) is 10.3 Å². The smallest absolute Gasteiger partial charge is 0.125 e. The van der Waals surface area contributed by atoms with E-state index in [4.69, 9.17) is 4.74 Å². The van der Waals surface area contributed by atoms with Crippen LogP contribution in [0.15, 0.2) is 18.3 Å². The zero-order valence-electron chi connectivity index (χ0n) is 11.1. The van der Waals surface area contributed by atoms with Crippen LogP contribution in [0.4, 0.5) is 5.82 Å². The van der Waals surface area contributed by atoms with Crippen LogP contribution in [0.2, 0.25) is 0 Å². The molecular formula is C14H23N3O. The third-order valence-corrected chi connectivity index (χ3v) is 3.36. The molecule has 100 valence electrons. The summed E-state index contributed by atoms with van der Waals surface area (Å²) in [5, 5.41) is 6.68. The van der Waals surface area contributed by atoms with E-state index in [-0.39, 0.29) is 0 Å². The third kappa shape index (κ3) is 4.27. The molecule has 0 aliphatic carbocycles. The van der Waals surface area contributed by atoms with Crippen LogP contribution in [-0.4, -0.2) is 38.3 Å². The Balaban J connectivity index is 1.79. The second-order valence-corrected chi connectivity index (χ2v) is 4.89. The number of hydrogen-bond acceptors (Lipinski definition) is 4. The number of rotatable bonds is 6. The summed E-state index contributed by atoms with van der Waals surface area (Å²) in [6.45, 7) is 3.83. The maximum Gasteiger partial charge on any atom is 0.125 e. The van der Waals surface area contributed by atoms with Gasteiger partial charge in [-0.25, -0.2) is 4.98 Å². The molecule has 0 bridgehead atoms. The van der Waals surface area contributed by atoms with Crippen LogP contribution in [0.3, 0.4) is 0 Å². The quantitative estimate of drug-likeness (QED) is 0.753. The highest BCUT2D eigenvalue weighted by atomic mass is 16.5. The van der Waals surface area contributed by atoms with Gasteiger partial charge in [0.05, 0.1) is 6.61 Å². The summed E-state index contributed by atoms with van der Waals surface area (Å²) < 4.78 is 4.99. The molecule has 4 nitrogen and oxygen atoms in total. The zero-order valence-corrected chi connectivity index (χ0v) is 11.1. The number of piperidine rings is 1. The van der Waals surface area contributed by atoms with E-state index in [2.05, 4.69) is 27.8 Å². The predicted octanol–water partition coefficient (Wildman–Crippen LogP) is 1.68. The summed E-state index contributed by atoms with van der Waals surface area (Å²) in [7, 11) is 1.70. The molecule has 0 aromatic carbocycles. The molecule has 0 radical (unpaired) electrons. The maximum atomic E-state index is 4.99. The fourth-order valence-corrected chi connectivity index (χ4v) is 2.36. The van der Waals surface area contributed by atoms with Gasteiger partial charge in [0.15, 0.2) is 0 Å². The van der Waals surface area contributed by atoms with Gasteiger partial charge in [0.25, 0.3) is 0 Å². The minimum atomic E-state index is 0.706. The van der Waals surface area contributed by atoms with Crippen molar-refractivity contribution in [2.75, 3.05) is 38.7 Å². The first-order valence-corrected chi connectivity index (χ1v) is 6.77. The minimum Gasteiger partial charge on any atom is -0.383 e. The number of aromatic nitrogens is 1. The lowest BCUT2D eigenvalue weighted by Crippen LogP contribution is -2.30. The van der Waals surface area contributed by atoms with Crippen LogP contribution in [0.5, 0.6) is 0 Å². The van der Waals surface area contributed by atoms with Gasteiger partial charge in [-0.15, -0.1) is 0 Å². The first-order valence-electron chi connectivity index (χ1n) is 6.77. The molecule has 1 aromatic rings. The van der Waals surface area contributed by atoms with E-state index in [0.29, 0.717) is 6.61 Å². The van der Waals surface area contributed by atoms with Gasteiger partial charge in [-0.2, -0.15) is 0 Å². The van der Waals surface area contributed by atoms with Gasteiger partial charge in [-0.05, 0) is 49.9 Å². The largest absolute Gasteiger partial charge is 0.383 e. The summed E-state index contributed by atoms with van der Waals surface area (Å²) in [5.41, 5.74) is 1.33. The lowest BCUT2D eigenvalue weighted by Gasteiger charge is -2.22. The monoisotopic (exact) mass is 249 g/mol. The molecule has 0 spiro atoms. The Hall–Kier alpha value is -1.13. The zero-order chi connectivity index (χ0) is 12.6. The summed E-state index contributed by atoms with van der Waals surface area (Å²) in [5.74, 6) is 1.70. The van der Waals surface area contributed by atoms with Crippen LogP contribution >= 0.6 is 0 Å². The first-order chi connectivity index (χ1) is 8.88. The number of nitrogens with one attached hydrogen (secondary N) is 2. The number of anilines is 1. The molecule has 4 heteroatoms. The highest BCUT2D eigenvalue weighted by molar-refractivity contribution is 5.35. The topological polar surface area (TPSA) is 46.2 Å². The molecule has 2 rings (SSSR count). The average molecular weight is 249 g/mol. The van der Waals surface area contributed by atoms with Gasteiger partial charge in [0.2, 0.25) is 0 Å². The van der Waals surface area contributed by atoms with E-state index in [9.17, 15) is 0 Å².